The van der Waals surface area contributed by atoms with Crippen LogP contribution in [0.2, 0.25) is 0 Å². The molecule has 1 aliphatic heterocycles. The molecule has 1 aromatic heterocycles. The van der Waals surface area contributed by atoms with Crippen LogP contribution < -0.4 is 11.2 Å². The van der Waals surface area contributed by atoms with Crippen molar-refractivity contribution in [2.24, 2.45) is 0 Å². The maximum atomic E-state index is 12.3. The third kappa shape index (κ3) is 2.21. The van der Waals surface area contributed by atoms with E-state index in [4.69, 9.17) is 0 Å². The van der Waals surface area contributed by atoms with E-state index in [0.29, 0.717) is 23.1 Å². The van der Waals surface area contributed by atoms with Gasteiger partial charge in [-0.25, -0.2) is 4.79 Å². The number of fused-ring (bicyclic) bond motifs is 1. The van der Waals surface area contributed by atoms with E-state index in [1.54, 1.807) is 36.0 Å². The second kappa shape index (κ2) is 4.54. The summed E-state index contributed by atoms with van der Waals surface area (Å²) in [6.07, 6.45) is 0.608. The predicted molar refractivity (Wildman–Crippen MR) is 75.7 cm³/mol. The monoisotopic (exact) mass is 278 g/mol. The van der Waals surface area contributed by atoms with E-state index >= 15 is 0 Å². The van der Waals surface area contributed by atoms with Gasteiger partial charge in [-0.3, -0.25) is 9.36 Å². The molecule has 0 radical (unpaired) electrons. The van der Waals surface area contributed by atoms with Gasteiger partial charge in [0.1, 0.15) is 0 Å². The van der Waals surface area contributed by atoms with E-state index in [1.807, 2.05) is 0 Å². The van der Waals surface area contributed by atoms with Gasteiger partial charge in [-0.2, -0.15) is 11.8 Å². The Morgan fingerprint density at radius 3 is 2.89 bits per heavy atom. The number of para-hydroxylation sites is 1. The third-order valence-electron chi connectivity index (χ3n) is 3.42. The van der Waals surface area contributed by atoms with E-state index < -0.39 is 11.3 Å². The lowest BCUT2D eigenvalue weighted by Crippen LogP contribution is -2.44. The highest BCUT2D eigenvalue weighted by molar-refractivity contribution is 7.99. The maximum absolute atomic E-state index is 12.3. The minimum atomic E-state index is -0.954. The summed E-state index contributed by atoms with van der Waals surface area (Å²) in [5, 5.41) is 10.8. The Kier molecular flexibility index (Phi) is 2.99. The Morgan fingerprint density at radius 1 is 1.37 bits per heavy atom. The van der Waals surface area contributed by atoms with Crippen LogP contribution in [-0.2, 0) is 6.54 Å². The molecule has 0 amide bonds. The molecule has 0 bridgehead atoms. The quantitative estimate of drug-likeness (QED) is 0.841. The Hall–Kier alpha value is -1.53. The van der Waals surface area contributed by atoms with E-state index in [1.165, 1.54) is 0 Å². The Labute approximate surface area is 113 Å². The van der Waals surface area contributed by atoms with Crippen LogP contribution >= 0.6 is 11.8 Å². The van der Waals surface area contributed by atoms with Crippen molar-refractivity contribution in [2.45, 2.75) is 18.6 Å². The van der Waals surface area contributed by atoms with Crippen LogP contribution in [-0.4, -0.2) is 31.8 Å². The van der Waals surface area contributed by atoms with Gasteiger partial charge in [-0.1, -0.05) is 12.1 Å². The Morgan fingerprint density at radius 2 is 2.16 bits per heavy atom. The first-order valence-corrected chi connectivity index (χ1v) is 7.27. The Bertz CT molecular complexity index is 728. The summed E-state index contributed by atoms with van der Waals surface area (Å²) in [6, 6.07) is 6.90. The van der Waals surface area contributed by atoms with Gasteiger partial charge in [0.05, 0.1) is 23.0 Å². The molecular formula is C13H14N2O3S. The molecule has 1 saturated heterocycles. The Balaban J connectivity index is 2.13. The van der Waals surface area contributed by atoms with Crippen LogP contribution in [0.3, 0.4) is 0 Å². The number of nitrogens with one attached hydrogen (secondary N) is 1. The van der Waals surface area contributed by atoms with E-state index in [2.05, 4.69) is 4.98 Å². The summed E-state index contributed by atoms with van der Waals surface area (Å²) in [5.74, 6) is 1.42. The molecule has 3 rings (SSSR count). The molecule has 5 nitrogen and oxygen atoms in total. The number of hydrogen-bond acceptors (Lipinski definition) is 4. The smallest absolute Gasteiger partial charge is 0.328 e. The standard InChI is InChI=1S/C13H14N2O3S/c16-11-9-3-1-2-4-10(9)14-12(17)15(11)7-13(18)5-6-19-8-13/h1-4,18H,5-8H2,(H,14,17). The highest BCUT2D eigenvalue weighted by atomic mass is 32.2. The molecule has 2 aromatic rings. The molecular weight excluding hydrogens is 264 g/mol. The van der Waals surface area contributed by atoms with Gasteiger partial charge in [-0.15, -0.1) is 0 Å². The second-order valence-corrected chi connectivity index (χ2v) is 6.00. The maximum Gasteiger partial charge on any atom is 0.328 e. The molecule has 100 valence electrons. The molecule has 19 heavy (non-hydrogen) atoms. The number of nitrogens with zero attached hydrogens (tertiary/aromatic N) is 1. The average Bonchev–Trinajstić information content (AvgIpc) is 2.82. The molecule has 0 aliphatic carbocycles. The number of hydrogen-bond donors (Lipinski definition) is 2. The van der Waals surface area contributed by atoms with Crippen LogP contribution in [0.1, 0.15) is 6.42 Å². The molecule has 2 N–H and O–H groups in total. The summed E-state index contributed by atoms with van der Waals surface area (Å²) in [4.78, 5) is 27.0. The van der Waals surface area contributed by atoms with Crippen molar-refractivity contribution in [1.82, 2.24) is 9.55 Å². The summed E-state index contributed by atoms with van der Waals surface area (Å²) in [6.45, 7) is 0.0546. The minimum Gasteiger partial charge on any atom is -0.387 e. The topological polar surface area (TPSA) is 75.1 Å². The second-order valence-electron chi connectivity index (χ2n) is 4.89. The fourth-order valence-corrected chi connectivity index (χ4v) is 3.64. The van der Waals surface area contributed by atoms with Crippen LogP contribution in [0.25, 0.3) is 10.9 Å². The van der Waals surface area contributed by atoms with E-state index in [-0.39, 0.29) is 12.1 Å². The molecule has 1 unspecified atom stereocenters. The highest BCUT2D eigenvalue weighted by Crippen LogP contribution is 2.28. The van der Waals surface area contributed by atoms with Gasteiger partial charge in [0.2, 0.25) is 0 Å². The van der Waals surface area contributed by atoms with Gasteiger partial charge in [0.15, 0.2) is 0 Å². The molecule has 6 heteroatoms. The number of thioether (sulfide) groups is 1. The van der Waals surface area contributed by atoms with E-state index in [0.717, 1.165) is 10.3 Å². The van der Waals surface area contributed by atoms with Crippen LogP contribution in [0, 0.1) is 0 Å². The molecule has 1 aromatic carbocycles. The zero-order valence-corrected chi connectivity index (χ0v) is 11.1. The molecule has 1 atom stereocenters. The molecule has 0 spiro atoms. The van der Waals surface area contributed by atoms with Crippen LogP contribution in [0.15, 0.2) is 33.9 Å². The third-order valence-corrected chi connectivity index (χ3v) is 4.66. The molecule has 2 heterocycles. The summed E-state index contributed by atoms with van der Waals surface area (Å²) >= 11 is 1.64. The average molecular weight is 278 g/mol. The van der Waals surface area contributed by atoms with E-state index in [9.17, 15) is 14.7 Å². The first kappa shape index (κ1) is 12.5. The highest BCUT2D eigenvalue weighted by Gasteiger charge is 2.33. The van der Waals surface area contributed by atoms with Crippen molar-refractivity contribution in [1.29, 1.82) is 0 Å². The number of H-pyrrole nitrogens is 1. The van der Waals surface area contributed by atoms with Crippen molar-refractivity contribution < 1.29 is 5.11 Å². The molecule has 1 aliphatic rings. The van der Waals surface area contributed by atoms with Gasteiger partial charge in [-0.05, 0) is 24.3 Å². The summed E-state index contributed by atoms with van der Waals surface area (Å²) < 4.78 is 1.11. The van der Waals surface area contributed by atoms with Crippen molar-refractivity contribution in [3.8, 4) is 0 Å². The fourth-order valence-electron chi connectivity index (χ4n) is 2.36. The first-order chi connectivity index (χ1) is 9.09. The van der Waals surface area contributed by atoms with Crippen molar-refractivity contribution in [3.63, 3.8) is 0 Å². The van der Waals surface area contributed by atoms with Crippen molar-refractivity contribution >= 4 is 22.7 Å². The van der Waals surface area contributed by atoms with Crippen LogP contribution in [0.5, 0.6) is 0 Å². The van der Waals surface area contributed by atoms with Crippen molar-refractivity contribution in [2.75, 3.05) is 11.5 Å². The normalized spacial score (nSPS) is 23.0. The summed E-state index contributed by atoms with van der Waals surface area (Å²) in [5.41, 5.74) is -1.23. The van der Waals surface area contributed by atoms with Gasteiger partial charge >= 0.3 is 5.69 Å². The number of aromatic amines is 1. The summed E-state index contributed by atoms with van der Waals surface area (Å²) in [7, 11) is 0. The fraction of sp³-hybridized carbons (Fsp3) is 0.385. The van der Waals surface area contributed by atoms with Crippen molar-refractivity contribution in [3.05, 3.63) is 45.1 Å². The SMILES string of the molecule is O=c1[nH]c2ccccc2c(=O)n1CC1(O)CCSC1. The van der Waals surface area contributed by atoms with Gasteiger partial charge < -0.3 is 10.1 Å². The minimum absolute atomic E-state index is 0.0546. The van der Waals surface area contributed by atoms with Gasteiger partial charge in [0.25, 0.3) is 5.56 Å². The number of aliphatic hydroxyl groups is 1. The number of rotatable bonds is 2. The number of benzene rings is 1. The van der Waals surface area contributed by atoms with Gasteiger partial charge in [0, 0.05) is 5.75 Å². The largest absolute Gasteiger partial charge is 0.387 e. The predicted octanol–water partition coefficient (Wildman–Crippen LogP) is 0.558. The zero-order valence-electron chi connectivity index (χ0n) is 10.3. The molecule has 1 fully saturated rings. The molecule has 0 saturated carbocycles. The lowest BCUT2D eigenvalue weighted by Gasteiger charge is -2.21. The lowest BCUT2D eigenvalue weighted by molar-refractivity contribution is 0.0475. The zero-order chi connectivity index (χ0) is 13.5. The lowest BCUT2D eigenvalue weighted by atomic mass is 10.0. The number of aromatic nitrogens is 2. The van der Waals surface area contributed by atoms with Crippen LogP contribution in [0.4, 0.5) is 0 Å². The first-order valence-electron chi connectivity index (χ1n) is 6.11.